The van der Waals surface area contributed by atoms with Crippen LogP contribution in [0, 0.1) is 0 Å². The van der Waals surface area contributed by atoms with Crippen LogP contribution in [0.15, 0.2) is 54.6 Å². The monoisotopic (exact) mass is 284 g/mol. The predicted molar refractivity (Wildman–Crippen MR) is 82.8 cm³/mol. The van der Waals surface area contributed by atoms with Crippen molar-refractivity contribution in [3.63, 3.8) is 0 Å². The van der Waals surface area contributed by atoms with Crippen LogP contribution in [0.1, 0.15) is 18.1 Å². The van der Waals surface area contributed by atoms with Gasteiger partial charge in [-0.05, 0) is 18.6 Å². The lowest BCUT2D eigenvalue weighted by Crippen LogP contribution is -2.50. The van der Waals surface area contributed by atoms with Gasteiger partial charge in [-0.2, -0.15) is 0 Å². The Bertz CT molecular complexity index is 613. The van der Waals surface area contributed by atoms with Gasteiger partial charge in [0.25, 0.3) is 0 Å². The third kappa shape index (κ3) is 3.23. The summed E-state index contributed by atoms with van der Waals surface area (Å²) in [5.41, 5.74) is 6.45. The van der Waals surface area contributed by atoms with Crippen LogP contribution in [0.4, 0.5) is 0 Å². The molecule has 0 aliphatic carbocycles. The number of rotatable bonds is 6. The zero-order valence-electron chi connectivity index (χ0n) is 12.3. The number of ether oxygens (including phenoxy) is 1. The molecule has 4 nitrogen and oxygen atoms in total. The van der Waals surface area contributed by atoms with E-state index in [2.05, 4.69) is 5.32 Å². The highest BCUT2D eigenvalue weighted by Crippen LogP contribution is 2.29. The van der Waals surface area contributed by atoms with E-state index in [1.54, 1.807) is 14.0 Å². The second kappa shape index (κ2) is 6.41. The molecule has 0 saturated carbocycles. The average Bonchev–Trinajstić information content (AvgIpc) is 2.53. The zero-order valence-corrected chi connectivity index (χ0v) is 12.3. The van der Waals surface area contributed by atoms with Crippen molar-refractivity contribution in [3.8, 4) is 5.75 Å². The Kier molecular flexibility index (Phi) is 4.60. The Labute approximate surface area is 124 Å². The molecule has 0 heterocycles. The maximum Gasteiger partial charge on any atom is 0.242 e. The van der Waals surface area contributed by atoms with Crippen molar-refractivity contribution < 1.29 is 9.53 Å². The Morgan fingerprint density at radius 1 is 1.14 bits per heavy atom. The van der Waals surface area contributed by atoms with E-state index in [0.717, 1.165) is 11.1 Å². The summed E-state index contributed by atoms with van der Waals surface area (Å²) in [6.45, 7) is 2.31. The summed E-state index contributed by atoms with van der Waals surface area (Å²) in [5, 5.41) is 3.25. The number of hydrogen-bond donors (Lipinski definition) is 2. The summed E-state index contributed by atoms with van der Waals surface area (Å²) in [7, 11) is 1.58. The molecule has 21 heavy (non-hydrogen) atoms. The molecule has 0 spiro atoms. The fraction of sp³-hybridized carbons (Fsp3) is 0.235. The van der Waals surface area contributed by atoms with Crippen molar-refractivity contribution in [1.29, 1.82) is 0 Å². The van der Waals surface area contributed by atoms with Crippen LogP contribution in [-0.2, 0) is 16.9 Å². The molecule has 2 rings (SSSR count). The Balaban J connectivity index is 2.30. The molecular weight excluding hydrogens is 264 g/mol. The van der Waals surface area contributed by atoms with Crippen LogP contribution in [0.2, 0.25) is 0 Å². The highest BCUT2D eigenvalue weighted by molar-refractivity contribution is 5.86. The molecule has 1 unspecified atom stereocenters. The molecule has 0 fully saturated rings. The second-order valence-corrected chi connectivity index (χ2v) is 5.03. The fourth-order valence-electron chi connectivity index (χ4n) is 2.25. The molecular formula is C17H20N2O2. The molecule has 110 valence electrons. The normalized spacial score (nSPS) is 13.4. The molecule has 2 aromatic rings. The van der Waals surface area contributed by atoms with Crippen LogP contribution in [0.3, 0.4) is 0 Å². The fourth-order valence-corrected chi connectivity index (χ4v) is 2.25. The minimum atomic E-state index is -0.998. The van der Waals surface area contributed by atoms with E-state index in [4.69, 9.17) is 10.5 Å². The van der Waals surface area contributed by atoms with Gasteiger partial charge in [0, 0.05) is 12.1 Å². The van der Waals surface area contributed by atoms with E-state index in [9.17, 15) is 4.79 Å². The number of nitrogens with one attached hydrogen (secondary N) is 1. The van der Waals surface area contributed by atoms with Crippen LogP contribution >= 0.6 is 0 Å². The van der Waals surface area contributed by atoms with E-state index < -0.39 is 11.4 Å². The van der Waals surface area contributed by atoms with Crippen molar-refractivity contribution in [2.45, 2.75) is 19.0 Å². The van der Waals surface area contributed by atoms with Crippen LogP contribution in [0.5, 0.6) is 5.75 Å². The first kappa shape index (κ1) is 15.1. The highest BCUT2D eigenvalue weighted by atomic mass is 16.5. The number of carbonyl (C=O) groups is 1. The van der Waals surface area contributed by atoms with E-state index >= 15 is 0 Å². The number of amides is 1. The SMILES string of the molecule is COc1ccccc1C(C)(NCc1ccccc1)C(N)=O. The van der Waals surface area contributed by atoms with Crippen molar-refractivity contribution in [2.75, 3.05) is 7.11 Å². The smallest absolute Gasteiger partial charge is 0.242 e. The van der Waals surface area contributed by atoms with Gasteiger partial charge in [0.2, 0.25) is 5.91 Å². The quantitative estimate of drug-likeness (QED) is 0.854. The van der Waals surface area contributed by atoms with Gasteiger partial charge >= 0.3 is 0 Å². The van der Waals surface area contributed by atoms with Crippen molar-refractivity contribution >= 4 is 5.91 Å². The number of hydrogen-bond acceptors (Lipinski definition) is 3. The Hall–Kier alpha value is -2.33. The topological polar surface area (TPSA) is 64.3 Å². The van der Waals surface area contributed by atoms with E-state index in [0.29, 0.717) is 12.3 Å². The van der Waals surface area contributed by atoms with Crippen molar-refractivity contribution in [1.82, 2.24) is 5.32 Å². The summed E-state index contributed by atoms with van der Waals surface area (Å²) < 4.78 is 5.35. The third-order valence-corrected chi connectivity index (χ3v) is 3.63. The first-order chi connectivity index (χ1) is 10.1. The van der Waals surface area contributed by atoms with E-state index in [1.807, 2.05) is 54.6 Å². The largest absolute Gasteiger partial charge is 0.496 e. The molecule has 4 heteroatoms. The third-order valence-electron chi connectivity index (χ3n) is 3.63. The van der Waals surface area contributed by atoms with Gasteiger partial charge < -0.3 is 10.5 Å². The molecule has 0 radical (unpaired) electrons. The Morgan fingerprint density at radius 3 is 2.38 bits per heavy atom. The average molecular weight is 284 g/mol. The summed E-state index contributed by atoms with van der Waals surface area (Å²) in [4.78, 5) is 12.0. The molecule has 0 bridgehead atoms. The van der Waals surface area contributed by atoms with Gasteiger partial charge in [-0.15, -0.1) is 0 Å². The van der Waals surface area contributed by atoms with Gasteiger partial charge in [-0.3, -0.25) is 10.1 Å². The molecule has 2 aromatic carbocycles. The van der Waals surface area contributed by atoms with Gasteiger partial charge in [0.05, 0.1) is 7.11 Å². The molecule has 3 N–H and O–H groups in total. The zero-order chi connectivity index (χ0) is 15.3. The molecule has 1 atom stereocenters. The standard InChI is InChI=1S/C17H20N2O2/c1-17(16(18)20,14-10-6-7-11-15(14)21-2)19-12-13-8-4-3-5-9-13/h3-11,19H,12H2,1-2H3,(H2,18,20). The van der Waals surface area contributed by atoms with Gasteiger partial charge in [-0.1, -0.05) is 48.5 Å². The van der Waals surface area contributed by atoms with E-state index in [1.165, 1.54) is 0 Å². The number of primary amides is 1. The molecule has 0 saturated heterocycles. The molecule has 0 aliphatic rings. The maximum absolute atomic E-state index is 12.0. The first-order valence-corrected chi connectivity index (χ1v) is 6.80. The van der Waals surface area contributed by atoms with Crippen LogP contribution < -0.4 is 15.8 Å². The number of para-hydroxylation sites is 1. The number of nitrogens with two attached hydrogens (primary N) is 1. The predicted octanol–water partition coefficient (Wildman–Crippen LogP) is 2.19. The molecule has 0 aliphatic heterocycles. The first-order valence-electron chi connectivity index (χ1n) is 6.80. The summed E-state index contributed by atoms with van der Waals surface area (Å²) in [6.07, 6.45) is 0. The summed E-state index contributed by atoms with van der Waals surface area (Å²) in [5.74, 6) is 0.197. The Morgan fingerprint density at radius 2 is 1.76 bits per heavy atom. The second-order valence-electron chi connectivity index (χ2n) is 5.03. The van der Waals surface area contributed by atoms with Crippen molar-refractivity contribution in [3.05, 3.63) is 65.7 Å². The minimum absolute atomic E-state index is 0.442. The lowest BCUT2D eigenvalue weighted by molar-refractivity contribution is -0.124. The summed E-state index contributed by atoms with van der Waals surface area (Å²) >= 11 is 0. The highest BCUT2D eigenvalue weighted by Gasteiger charge is 2.35. The van der Waals surface area contributed by atoms with Crippen molar-refractivity contribution in [2.24, 2.45) is 5.73 Å². The van der Waals surface area contributed by atoms with E-state index in [-0.39, 0.29) is 0 Å². The molecule has 0 aromatic heterocycles. The number of carbonyl (C=O) groups excluding carboxylic acids is 1. The van der Waals surface area contributed by atoms with Gasteiger partial charge in [0.15, 0.2) is 0 Å². The summed E-state index contributed by atoms with van der Waals surface area (Å²) in [6, 6.07) is 17.3. The lowest BCUT2D eigenvalue weighted by atomic mass is 9.90. The molecule has 1 amide bonds. The minimum Gasteiger partial charge on any atom is -0.496 e. The van der Waals surface area contributed by atoms with Gasteiger partial charge in [-0.25, -0.2) is 0 Å². The maximum atomic E-state index is 12.0. The van der Waals surface area contributed by atoms with Crippen LogP contribution in [-0.4, -0.2) is 13.0 Å². The van der Waals surface area contributed by atoms with Gasteiger partial charge in [0.1, 0.15) is 11.3 Å². The number of benzene rings is 2. The van der Waals surface area contributed by atoms with Crippen LogP contribution in [0.25, 0.3) is 0 Å². The number of methoxy groups -OCH3 is 1. The lowest BCUT2D eigenvalue weighted by Gasteiger charge is -2.29.